The predicted octanol–water partition coefficient (Wildman–Crippen LogP) is 2.76. The first-order chi connectivity index (χ1) is 8.11. The summed E-state index contributed by atoms with van der Waals surface area (Å²) in [5.41, 5.74) is 2.43. The minimum atomic E-state index is -0.0951. The van der Waals surface area contributed by atoms with Crippen LogP contribution in [-0.4, -0.2) is 26.2 Å². The fraction of sp³-hybridized carbons (Fsp3) is 0.462. The van der Waals surface area contributed by atoms with Gasteiger partial charge in [0.05, 0.1) is 13.0 Å². The highest BCUT2D eigenvalue weighted by molar-refractivity contribution is 9.10. The largest absolute Gasteiger partial charge is 0.469 e. The van der Waals surface area contributed by atoms with Crippen molar-refractivity contribution in [2.24, 2.45) is 5.92 Å². The lowest BCUT2D eigenvalue weighted by Crippen LogP contribution is -2.24. The molecule has 1 aliphatic rings. The molecule has 1 fully saturated rings. The standard InChI is InChI=1S/C13H16BrNO2/c1-9-7-11(14)3-4-12(9)15-6-5-10(8-15)13(16)17-2/h3-4,7,10H,5-6,8H2,1-2H3. The van der Waals surface area contributed by atoms with Crippen molar-refractivity contribution in [3.8, 4) is 0 Å². The molecule has 0 radical (unpaired) electrons. The van der Waals surface area contributed by atoms with Gasteiger partial charge in [0.1, 0.15) is 0 Å². The average molecular weight is 298 g/mol. The van der Waals surface area contributed by atoms with E-state index in [0.717, 1.165) is 24.0 Å². The Morgan fingerprint density at radius 2 is 2.29 bits per heavy atom. The van der Waals surface area contributed by atoms with E-state index < -0.39 is 0 Å². The number of anilines is 1. The first-order valence-electron chi connectivity index (χ1n) is 5.70. The Morgan fingerprint density at radius 1 is 1.53 bits per heavy atom. The predicted molar refractivity (Wildman–Crippen MR) is 71.2 cm³/mol. The van der Waals surface area contributed by atoms with Crippen LogP contribution in [0, 0.1) is 12.8 Å². The Morgan fingerprint density at radius 3 is 2.94 bits per heavy atom. The molecule has 0 saturated carbocycles. The van der Waals surface area contributed by atoms with Gasteiger partial charge in [0.25, 0.3) is 0 Å². The lowest BCUT2D eigenvalue weighted by Gasteiger charge is -2.20. The maximum atomic E-state index is 11.5. The van der Waals surface area contributed by atoms with Gasteiger partial charge in [0, 0.05) is 23.2 Å². The van der Waals surface area contributed by atoms with Crippen molar-refractivity contribution >= 4 is 27.6 Å². The summed E-state index contributed by atoms with van der Waals surface area (Å²) >= 11 is 3.46. The summed E-state index contributed by atoms with van der Waals surface area (Å²) < 4.78 is 5.88. The van der Waals surface area contributed by atoms with E-state index >= 15 is 0 Å². The van der Waals surface area contributed by atoms with Crippen LogP contribution in [0.25, 0.3) is 0 Å². The van der Waals surface area contributed by atoms with Crippen molar-refractivity contribution < 1.29 is 9.53 Å². The average Bonchev–Trinajstić information content (AvgIpc) is 2.77. The first kappa shape index (κ1) is 12.4. The molecule has 1 heterocycles. The summed E-state index contributed by atoms with van der Waals surface area (Å²) in [5, 5.41) is 0. The van der Waals surface area contributed by atoms with Gasteiger partial charge in [-0.25, -0.2) is 0 Å². The van der Waals surface area contributed by atoms with E-state index in [4.69, 9.17) is 4.74 Å². The summed E-state index contributed by atoms with van der Waals surface area (Å²) in [4.78, 5) is 13.7. The van der Waals surface area contributed by atoms with Gasteiger partial charge in [0.15, 0.2) is 0 Å². The van der Waals surface area contributed by atoms with Gasteiger partial charge in [-0.15, -0.1) is 0 Å². The molecule has 0 spiro atoms. The normalized spacial score (nSPS) is 19.5. The number of carbonyl (C=O) groups is 1. The van der Waals surface area contributed by atoms with E-state index in [1.54, 1.807) is 0 Å². The molecular formula is C13H16BrNO2. The maximum Gasteiger partial charge on any atom is 0.310 e. The van der Waals surface area contributed by atoms with Gasteiger partial charge in [-0.1, -0.05) is 15.9 Å². The van der Waals surface area contributed by atoms with Crippen LogP contribution in [-0.2, 0) is 9.53 Å². The Balaban J connectivity index is 2.12. The van der Waals surface area contributed by atoms with Crippen LogP contribution in [0.5, 0.6) is 0 Å². The zero-order valence-corrected chi connectivity index (χ0v) is 11.7. The van der Waals surface area contributed by atoms with Crippen LogP contribution in [0.3, 0.4) is 0 Å². The summed E-state index contributed by atoms with van der Waals surface area (Å²) in [5.74, 6) is -0.0784. The molecule has 0 amide bonds. The van der Waals surface area contributed by atoms with Crippen LogP contribution in [0.2, 0.25) is 0 Å². The molecule has 1 saturated heterocycles. The zero-order chi connectivity index (χ0) is 12.4. The second-order valence-corrected chi connectivity index (χ2v) is 5.30. The molecule has 17 heavy (non-hydrogen) atoms. The molecule has 3 nitrogen and oxygen atoms in total. The SMILES string of the molecule is COC(=O)C1CCN(c2ccc(Br)cc2C)C1. The number of methoxy groups -OCH3 is 1. The van der Waals surface area contributed by atoms with E-state index in [1.807, 2.05) is 6.07 Å². The third kappa shape index (κ3) is 2.63. The Bertz CT molecular complexity index is 433. The minimum absolute atomic E-state index is 0.0167. The number of carbonyl (C=O) groups excluding carboxylic acids is 1. The third-order valence-corrected chi connectivity index (χ3v) is 3.72. The van der Waals surface area contributed by atoms with E-state index in [1.165, 1.54) is 18.4 Å². The van der Waals surface area contributed by atoms with Crippen LogP contribution < -0.4 is 4.90 Å². The molecule has 2 rings (SSSR count). The highest BCUT2D eigenvalue weighted by Crippen LogP contribution is 2.29. The Hall–Kier alpha value is -1.03. The van der Waals surface area contributed by atoms with Crippen LogP contribution in [0.4, 0.5) is 5.69 Å². The molecule has 1 aliphatic heterocycles. The summed E-state index contributed by atoms with van der Waals surface area (Å²) in [6, 6.07) is 6.23. The maximum absolute atomic E-state index is 11.5. The molecule has 1 atom stereocenters. The lowest BCUT2D eigenvalue weighted by atomic mass is 10.1. The number of benzene rings is 1. The lowest BCUT2D eigenvalue weighted by molar-refractivity contribution is -0.144. The van der Waals surface area contributed by atoms with Crippen LogP contribution in [0.15, 0.2) is 22.7 Å². The Labute approximate surface area is 110 Å². The third-order valence-electron chi connectivity index (χ3n) is 3.22. The van der Waals surface area contributed by atoms with E-state index in [9.17, 15) is 4.79 Å². The number of ether oxygens (including phenoxy) is 1. The van der Waals surface area contributed by atoms with Gasteiger partial charge in [0.2, 0.25) is 0 Å². The molecule has 0 N–H and O–H groups in total. The monoisotopic (exact) mass is 297 g/mol. The highest BCUT2D eigenvalue weighted by Gasteiger charge is 2.29. The number of halogens is 1. The Kier molecular flexibility index (Phi) is 3.72. The molecule has 0 aliphatic carbocycles. The van der Waals surface area contributed by atoms with Crippen LogP contribution >= 0.6 is 15.9 Å². The number of hydrogen-bond acceptors (Lipinski definition) is 3. The molecule has 0 bridgehead atoms. The number of rotatable bonds is 2. The fourth-order valence-corrected chi connectivity index (χ4v) is 2.79. The van der Waals surface area contributed by atoms with E-state index in [2.05, 4.69) is 39.9 Å². The van der Waals surface area contributed by atoms with Crippen molar-refractivity contribution in [1.82, 2.24) is 0 Å². The summed E-state index contributed by atoms with van der Waals surface area (Å²) in [7, 11) is 1.45. The molecule has 4 heteroatoms. The molecule has 92 valence electrons. The van der Waals surface area contributed by atoms with E-state index in [-0.39, 0.29) is 11.9 Å². The van der Waals surface area contributed by atoms with Crippen molar-refractivity contribution in [3.63, 3.8) is 0 Å². The van der Waals surface area contributed by atoms with Gasteiger partial charge in [-0.05, 0) is 37.1 Å². The minimum Gasteiger partial charge on any atom is -0.469 e. The number of aryl methyl sites for hydroxylation is 1. The van der Waals surface area contributed by atoms with Gasteiger partial charge in [-0.2, -0.15) is 0 Å². The summed E-state index contributed by atoms with van der Waals surface area (Å²) in [6.07, 6.45) is 0.877. The molecule has 1 unspecified atom stereocenters. The van der Waals surface area contributed by atoms with Crippen molar-refractivity contribution in [3.05, 3.63) is 28.2 Å². The zero-order valence-electron chi connectivity index (χ0n) is 10.1. The second-order valence-electron chi connectivity index (χ2n) is 4.39. The number of hydrogen-bond donors (Lipinski definition) is 0. The quantitative estimate of drug-likeness (QED) is 0.786. The van der Waals surface area contributed by atoms with E-state index in [0.29, 0.717) is 0 Å². The fourth-order valence-electron chi connectivity index (χ4n) is 2.31. The molecule has 0 aromatic heterocycles. The highest BCUT2D eigenvalue weighted by atomic mass is 79.9. The second kappa shape index (κ2) is 5.08. The molecule has 1 aromatic rings. The van der Waals surface area contributed by atoms with Crippen molar-refractivity contribution in [1.29, 1.82) is 0 Å². The topological polar surface area (TPSA) is 29.5 Å². The first-order valence-corrected chi connectivity index (χ1v) is 6.50. The summed E-state index contributed by atoms with van der Waals surface area (Å²) in [6.45, 7) is 3.77. The number of esters is 1. The van der Waals surface area contributed by atoms with Crippen molar-refractivity contribution in [2.75, 3.05) is 25.1 Å². The smallest absolute Gasteiger partial charge is 0.310 e. The van der Waals surface area contributed by atoms with Gasteiger partial charge >= 0.3 is 5.97 Å². The van der Waals surface area contributed by atoms with Crippen LogP contribution in [0.1, 0.15) is 12.0 Å². The number of nitrogens with zero attached hydrogens (tertiary/aromatic N) is 1. The van der Waals surface area contributed by atoms with Gasteiger partial charge in [-0.3, -0.25) is 4.79 Å². The van der Waals surface area contributed by atoms with Gasteiger partial charge < -0.3 is 9.64 Å². The van der Waals surface area contributed by atoms with Crippen molar-refractivity contribution in [2.45, 2.75) is 13.3 Å². The molecule has 1 aromatic carbocycles. The molecular weight excluding hydrogens is 282 g/mol.